The highest BCUT2D eigenvalue weighted by atomic mass is 16.3. The molecule has 2 nitrogen and oxygen atoms in total. The average Bonchev–Trinajstić information content (AvgIpc) is 2.56. The van der Waals surface area contributed by atoms with Crippen LogP contribution < -0.4 is 5.73 Å². The van der Waals surface area contributed by atoms with Gasteiger partial charge in [0.05, 0.1) is 6.10 Å². The minimum atomic E-state index is -0.595. The van der Waals surface area contributed by atoms with Crippen LogP contribution in [0.5, 0.6) is 0 Å². The van der Waals surface area contributed by atoms with Gasteiger partial charge in [0.25, 0.3) is 0 Å². The van der Waals surface area contributed by atoms with Gasteiger partial charge in [0.2, 0.25) is 0 Å². The molecule has 3 aromatic carbocycles. The lowest BCUT2D eigenvalue weighted by Gasteiger charge is -2.23. The van der Waals surface area contributed by atoms with Gasteiger partial charge in [-0.1, -0.05) is 72.8 Å². The van der Waals surface area contributed by atoms with E-state index < -0.39 is 6.10 Å². The normalized spacial score (nSPS) is 14.0. The molecule has 0 aromatic heterocycles. The number of aliphatic hydroxyl groups is 1. The minimum Gasteiger partial charge on any atom is -0.388 e. The van der Waals surface area contributed by atoms with Crippen molar-refractivity contribution in [3.05, 3.63) is 83.9 Å². The molecule has 3 aromatic rings. The van der Waals surface area contributed by atoms with Gasteiger partial charge in [-0.05, 0) is 21.9 Å². The second-order valence-electron chi connectivity index (χ2n) is 5.27. The summed E-state index contributed by atoms with van der Waals surface area (Å²) in [5.74, 6) is -0.113. The molecule has 3 rings (SSSR count). The van der Waals surface area contributed by atoms with Gasteiger partial charge in [0.1, 0.15) is 0 Å². The van der Waals surface area contributed by atoms with Crippen LogP contribution >= 0.6 is 0 Å². The quantitative estimate of drug-likeness (QED) is 0.765. The molecule has 2 heteroatoms. The summed E-state index contributed by atoms with van der Waals surface area (Å²) < 4.78 is 0. The van der Waals surface area contributed by atoms with E-state index in [1.165, 1.54) is 5.39 Å². The van der Waals surface area contributed by atoms with Crippen molar-refractivity contribution in [2.45, 2.75) is 12.0 Å². The molecule has 2 unspecified atom stereocenters. The van der Waals surface area contributed by atoms with Gasteiger partial charge in [-0.15, -0.1) is 0 Å². The summed E-state index contributed by atoms with van der Waals surface area (Å²) in [7, 11) is 0. The number of hydrogen-bond acceptors (Lipinski definition) is 2. The van der Waals surface area contributed by atoms with Gasteiger partial charge < -0.3 is 10.8 Å². The fraction of sp³-hybridized carbons (Fsp3) is 0.158. The van der Waals surface area contributed by atoms with Gasteiger partial charge >= 0.3 is 0 Å². The largest absolute Gasteiger partial charge is 0.388 e. The molecule has 0 saturated heterocycles. The van der Waals surface area contributed by atoms with Crippen molar-refractivity contribution in [3.8, 4) is 0 Å². The lowest BCUT2D eigenvalue weighted by Crippen LogP contribution is -2.20. The Morgan fingerprint density at radius 2 is 1.48 bits per heavy atom. The second-order valence-corrected chi connectivity index (χ2v) is 5.27. The molecule has 0 aliphatic heterocycles. The molecule has 3 N–H and O–H groups in total. The van der Waals surface area contributed by atoms with Crippen molar-refractivity contribution < 1.29 is 5.11 Å². The lowest BCUT2D eigenvalue weighted by atomic mass is 9.86. The van der Waals surface area contributed by atoms with E-state index in [1.54, 1.807) is 0 Å². The number of benzene rings is 3. The smallest absolute Gasteiger partial charge is 0.0870 e. The molecule has 106 valence electrons. The maximum Gasteiger partial charge on any atom is 0.0870 e. The monoisotopic (exact) mass is 277 g/mol. The second kappa shape index (κ2) is 6.08. The Morgan fingerprint density at radius 1 is 0.810 bits per heavy atom. The van der Waals surface area contributed by atoms with Crippen LogP contribution in [0, 0.1) is 0 Å². The molecule has 0 aliphatic carbocycles. The average molecular weight is 277 g/mol. The van der Waals surface area contributed by atoms with E-state index in [0.29, 0.717) is 6.54 Å². The Morgan fingerprint density at radius 3 is 2.24 bits per heavy atom. The van der Waals surface area contributed by atoms with E-state index in [0.717, 1.165) is 16.5 Å². The van der Waals surface area contributed by atoms with Crippen molar-refractivity contribution in [3.63, 3.8) is 0 Å². The molecule has 0 radical (unpaired) electrons. The lowest BCUT2D eigenvalue weighted by molar-refractivity contribution is 0.148. The number of hydrogen-bond donors (Lipinski definition) is 2. The van der Waals surface area contributed by atoms with Crippen molar-refractivity contribution in [2.24, 2.45) is 5.73 Å². The molecule has 21 heavy (non-hydrogen) atoms. The predicted molar refractivity (Wildman–Crippen MR) is 87.1 cm³/mol. The predicted octanol–water partition coefficient (Wildman–Crippen LogP) is 3.62. The number of nitrogens with two attached hydrogens (primary N) is 1. The maximum absolute atomic E-state index is 10.7. The fourth-order valence-corrected chi connectivity index (χ4v) is 2.88. The van der Waals surface area contributed by atoms with E-state index >= 15 is 0 Å². The fourth-order valence-electron chi connectivity index (χ4n) is 2.88. The molecule has 0 saturated carbocycles. The highest BCUT2D eigenvalue weighted by molar-refractivity contribution is 5.86. The summed E-state index contributed by atoms with van der Waals surface area (Å²) >= 11 is 0. The van der Waals surface area contributed by atoms with Gasteiger partial charge in [-0.2, -0.15) is 0 Å². The molecular weight excluding hydrogens is 258 g/mol. The number of aliphatic hydroxyl groups excluding tert-OH is 1. The van der Waals surface area contributed by atoms with Gasteiger partial charge in [-0.25, -0.2) is 0 Å². The van der Waals surface area contributed by atoms with E-state index in [1.807, 2.05) is 48.5 Å². The van der Waals surface area contributed by atoms with Crippen LogP contribution in [0.2, 0.25) is 0 Å². The van der Waals surface area contributed by atoms with E-state index in [-0.39, 0.29) is 5.92 Å². The first-order valence-electron chi connectivity index (χ1n) is 7.22. The zero-order valence-electron chi connectivity index (χ0n) is 11.8. The van der Waals surface area contributed by atoms with Crippen LogP contribution in [0.3, 0.4) is 0 Å². The van der Waals surface area contributed by atoms with Gasteiger partial charge in [0, 0.05) is 12.5 Å². The SMILES string of the molecule is NCC(c1cccc2ccccc12)C(O)c1ccccc1. The summed E-state index contributed by atoms with van der Waals surface area (Å²) in [4.78, 5) is 0. The zero-order valence-corrected chi connectivity index (χ0v) is 11.8. The van der Waals surface area contributed by atoms with Crippen molar-refractivity contribution in [2.75, 3.05) is 6.54 Å². The van der Waals surface area contributed by atoms with Crippen molar-refractivity contribution >= 4 is 10.8 Å². The van der Waals surface area contributed by atoms with Crippen LogP contribution in [0.4, 0.5) is 0 Å². The van der Waals surface area contributed by atoms with Crippen LogP contribution in [-0.2, 0) is 0 Å². The summed E-state index contributed by atoms with van der Waals surface area (Å²) in [6.45, 7) is 0.407. The van der Waals surface area contributed by atoms with Crippen LogP contribution in [0.15, 0.2) is 72.8 Å². The molecule has 0 heterocycles. The van der Waals surface area contributed by atoms with Crippen LogP contribution in [0.25, 0.3) is 10.8 Å². The molecule has 0 aliphatic rings. The van der Waals surface area contributed by atoms with E-state index in [9.17, 15) is 5.11 Å². The Hall–Kier alpha value is -2.16. The van der Waals surface area contributed by atoms with Crippen molar-refractivity contribution in [1.29, 1.82) is 0 Å². The Bertz CT molecular complexity index is 718. The number of rotatable bonds is 4. The highest BCUT2D eigenvalue weighted by Gasteiger charge is 2.22. The van der Waals surface area contributed by atoms with Crippen LogP contribution in [-0.4, -0.2) is 11.7 Å². The van der Waals surface area contributed by atoms with E-state index in [2.05, 4.69) is 24.3 Å². The maximum atomic E-state index is 10.7. The standard InChI is InChI=1S/C19H19NO/c20-13-18(19(21)15-8-2-1-3-9-15)17-12-6-10-14-7-4-5-11-16(14)17/h1-12,18-19,21H,13,20H2. The highest BCUT2D eigenvalue weighted by Crippen LogP contribution is 2.34. The van der Waals surface area contributed by atoms with Gasteiger partial charge in [-0.3, -0.25) is 0 Å². The van der Waals surface area contributed by atoms with E-state index in [4.69, 9.17) is 5.73 Å². The molecule has 0 amide bonds. The molecule has 0 bridgehead atoms. The Labute approximate surface area is 124 Å². The molecule has 0 spiro atoms. The first kappa shape index (κ1) is 13.8. The summed E-state index contributed by atoms with van der Waals surface area (Å²) in [6.07, 6.45) is -0.595. The summed E-state index contributed by atoms with van der Waals surface area (Å²) in [5, 5.41) is 13.0. The topological polar surface area (TPSA) is 46.2 Å². The first-order valence-corrected chi connectivity index (χ1v) is 7.22. The molecular formula is C19H19NO. The summed E-state index contributed by atoms with van der Waals surface area (Å²) in [6, 6.07) is 24.1. The Kier molecular flexibility index (Phi) is 4.00. The van der Waals surface area contributed by atoms with Gasteiger partial charge in [0.15, 0.2) is 0 Å². The third-order valence-corrected chi connectivity index (χ3v) is 4.00. The Balaban J connectivity index is 2.06. The third kappa shape index (κ3) is 2.68. The first-order chi connectivity index (χ1) is 10.3. The molecule has 0 fully saturated rings. The summed E-state index contributed by atoms with van der Waals surface area (Å²) in [5.41, 5.74) is 7.98. The molecule has 2 atom stereocenters. The number of fused-ring (bicyclic) bond motifs is 1. The van der Waals surface area contributed by atoms with Crippen molar-refractivity contribution in [1.82, 2.24) is 0 Å². The minimum absolute atomic E-state index is 0.113. The third-order valence-electron chi connectivity index (χ3n) is 4.00. The zero-order chi connectivity index (χ0) is 14.7. The van der Waals surface area contributed by atoms with Crippen LogP contribution in [0.1, 0.15) is 23.1 Å².